The van der Waals surface area contributed by atoms with Crippen LogP contribution in [-0.2, 0) is 37.0 Å². The molecule has 1 aliphatic rings. The number of nitrogens with one attached hydrogen (secondary N) is 2. The van der Waals surface area contributed by atoms with Crippen LogP contribution in [-0.4, -0.2) is 39.9 Å². The van der Waals surface area contributed by atoms with Crippen molar-refractivity contribution in [3.63, 3.8) is 0 Å². The zero-order valence-electron chi connectivity index (χ0n) is 28.9. The molecule has 1 fully saturated rings. The number of carbonyl (C=O) groups is 3. The number of aliphatic hydroxyl groups excluding tert-OH is 1. The van der Waals surface area contributed by atoms with Crippen molar-refractivity contribution in [2.75, 3.05) is 11.1 Å². The Bertz CT molecular complexity index is 1730. The fraction of sp³-hybridized carbons (Fsp3) is 0.341. The number of carboxylic acid groups (broad SMARTS) is 1. The van der Waals surface area contributed by atoms with Gasteiger partial charge in [0.2, 0.25) is 11.8 Å². The van der Waals surface area contributed by atoms with Crippen molar-refractivity contribution < 1.29 is 34.1 Å². The van der Waals surface area contributed by atoms with Crippen molar-refractivity contribution in [2.24, 2.45) is 0 Å². The third-order valence-corrected chi connectivity index (χ3v) is 9.85. The van der Waals surface area contributed by atoms with Crippen LogP contribution in [0.4, 0.5) is 5.69 Å². The normalized spacial score (nSPS) is 17.1. The minimum Gasteiger partial charge on any atom is -0.481 e. The molecule has 1 aliphatic heterocycles. The second-order valence-electron chi connectivity index (χ2n) is 12.8. The van der Waals surface area contributed by atoms with Crippen molar-refractivity contribution in [2.45, 2.75) is 88.4 Å². The molecule has 0 bridgehead atoms. The number of rotatable bonds is 17. The third-order valence-electron chi connectivity index (χ3n) is 8.70. The maximum atomic E-state index is 12.4. The lowest BCUT2D eigenvalue weighted by atomic mass is 9.99. The van der Waals surface area contributed by atoms with Crippen LogP contribution in [0.1, 0.15) is 86.5 Å². The Morgan fingerprint density at radius 1 is 0.784 bits per heavy atom. The number of hydrogen-bond donors (Lipinski definition) is 4. The fourth-order valence-electron chi connectivity index (χ4n) is 5.95. The summed E-state index contributed by atoms with van der Waals surface area (Å²) in [5.41, 5.74) is 6.64. The van der Waals surface area contributed by atoms with Crippen LogP contribution in [0.15, 0.2) is 102 Å². The number of aliphatic hydroxyl groups is 1. The average Bonchev–Trinajstić information content (AvgIpc) is 3.15. The van der Waals surface area contributed by atoms with Crippen LogP contribution in [0.3, 0.4) is 0 Å². The van der Waals surface area contributed by atoms with Crippen molar-refractivity contribution in [1.82, 2.24) is 5.32 Å². The lowest BCUT2D eigenvalue weighted by Crippen LogP contribution is -2.31. The summed E-state index contributed by atoms with van der Waals surface area (Å²) >= 11 is 1.70. The predicted octanol–water partition coefficient (Wildman–Crippen LogP) is 8.18. The summed E-state index contributed by atoms with van der Waals surface area (Å²) in [4.78, 5) is 35.5. The first kappa shape index (κ1) is 37.8. The van der Waals surface area contributed by atoms with Crippen molar-refractivity contribution >= 4 is 35.2 Å². The molecular weight excluding hydrogens is 665 g/mol. The summed E-state index contributed by atoms with van der Waals surface area (Å²) in [6.45, 7) is 1.92. The van der Waals surface area contributed by atoms with Gasteiger partial charge < -0.3 is 30.3 Å². The van der Waals surface area contributed by atoms with E-state index in [2.05, 4.69) is 28.8 Å². The number of amides is 2. The van der Waals surface area contributed by atoms with Crippen molar-refractivity contribution in [1.29, 1.82) is 0 Å². The number of unbranched alkanes of at least 4 members (excludes halogenated alkanes) is 3. The Kier molecular flexibility index (Phi) is 14.2. The number of ether oxygens (including phenoxy) is 2. The molecule has 4 aromatic carbocycles. The summed E-state index contributed by atoms with van der Waals surface area (Å²) < 4.78 is 13.1. The van der Waals surface area contributed by atoms with Gasteiger partial charge >= 0.3 is 5.97 Å². The average molecular weight is 711 g/mol. The number of carbonyl (C=O) groups excluding carboxylic acids is 2. The predicted molar refractivity (Wildman–Crippen MR) is 199 cm³/mol. The first-order chi connectivity index (χ1) is 24.7. The van der Waals surface area contributed by atoms with Crippen LogP contribution in [0, 0.1) is 0 Å². The van der Waals surface area contributed by atoms with Gasteiger partial charge in [0.1, 0.15) is 0 Å². The van der Waals surface area contributed by atoms with Crippen LogP contribution >= 0.6 is 11.8 Å². The topological polar surface area (TPSA) is 134 Å². The van der Waals surface area contributed by atoms with E-state index >= 15 is 0 Å². The highest BCUT2D eigenvalue weighted by Gasteiger charge is 2.32. The Labute approximate surface area is 303 Å². The van der Waals surface area contributed by atoms with Gasteiger partial charge in [-0.3, -0.25) is 14.4 Å². The lowest BCUT2D eigenvalue weighted by Gasteiger charge is -2.36. The summed E-state index contributed by atoms with van der Waals surface area (Å²) in [6, 6.07) is 31.9. The monoisotopic (exact) mass is 710 g/mol. The van der Waals surface area contributed by atoms with Gasteiger partial charge in [-0.1, -0.05) is 79.6 Å². The SMILES string of the molecule is CC(=O)Nc1ccc(SCC2CC(c3ccc(CO)cc3)OC(c3ccc(-c4cccc(CNC(=O)CCCCCCC(=O)O)c4)cc3)O2)cc1. The van der Waals surface area contributed by atoms with Gasteiger partial charge in [-0.15, -0.1) is 11.8 Å². The minimum absolute atomic E-state index is 0.00491. The zero-order chi connectivity index (χ0) is 36.0. The van der Waals surface area contributed by atoms with Gasteiger partial charge in [0.05, 0.1) is 18.8 Å². The summed E-state index contributed by atoms with van der Waals surface area (Å²) in [7, 11) is 0. The second-order valence-corrected chi connectivity index (χ2v) is 13.9. The summed E-state index contributed by atoms with van der Waals surface area (Å²) in [6.07, 6.45) is 3.50. The maximum Gasteiger partial charge on any atom is 0.303 e. The second kappa shape index (κ2) is 19.2. The first-order valence-electron chi connectivity index (χ1n) is 17.4. The molecule has 268 valence electrons. The molecule has 0 saturated carbocycles. The van der Waals surface area contributed by atoms with E-state index in [-0.39, 0.29) is 37.0 Å². The van der Waals surface area contributed by atoms with Gasteiger partial charge in [-0.25, -0.2) is 0 Å². The molecule has 2 amide bonds. The van der Waals surface area contributed by atoms with Gasteiger partial charge in [0, 0.05) is 54.6 Å². The Morgan fingerprint density at radius 2 is 1.49 bits per heavy atom. The van der Waals surface area contributed by atoms with Gasteiger partial charge in [0.25, 0.3) is 0 Å². The zero-order valence-corrected chi connectivity index (χ0v) is 29.7. The number of hydrogen-bond acceptors (Lipinski definition) is 7. The molecule has 0 spiro atoms. The van der Waals surface area contributed by atoms with E-state index in [0.29, 0.717) is 25.8 Å². The van der Waals surface area contributed by atoms with E-state index in [1.165, 1.54) is 6.92 Å². The largest absolute Gasteiger partial charge is 0.481 e. The molecule has 1 saturated heterocycles. The number of anilines is 1. The lowest BCUT2D eigenvalue weighted by molar-refractivity contribution is -0.245. The van der Waals surface area contributed by atoms with Gasteiger partial charge in [0.15, 0.2) is 6.29 Å². The highest BCUT2D eigenvalue weighted by molar-refractivity contribution is 7.99. The summed E-state index contributed by atoms with van der Waals surface area (Å²) in [5.74, 6) is -0.166. The van der Waals surface area contributed by atoms with E-state index in [1.807, 2.05) is 78.9 Å². The Hall–Kier alpha value is -4.48. The van der Waals surface area contributed by atoms with Crippen LogP contribution in [0.25, 0.3) is 11.1 Å². The van der Waals surface area contributed by atoms with Crippen LogP contribution in [0.2, 0.25) is 0 Å². The molecule has 3 atom stereocenters. The molecule has 4 aromatic rings. The molecule has 1 heterocycles. The molecule has 0 radical (unpaired) electrons. The highest BCUT2D eigenvalue weighted by atomic mass is 32.2. The van der Waals surface area contributed by atoms with E-state index in [9.17, 15) is 19.5 Å². The fourth-order valence-corrected chi connectivity index (χ4v) is 6.87. The molecule has 9 nitrogen and oxygen atoms in total. The first-order valence-corrected chi connectivity index (χ1v) is 18.4. The molecule has 51 heavy (non-hydrogen) atoms. The van der Waals surface area contributed by atoms with Crippen LogP contribution < -0.4 is 10.6 Å². The van der Waals surface area contributed by atoms with E-state index in [1.54, 1.807) is 11.8 Å². The number of thioether (sulfide) groups is 1. The Balaban J connectivity index is 1.20. The number of aliphatic carboxylic acids is 1. The molecular formula is C41H46N2O7S. The number of benzene rings is 4. The number of carboxylic acids is 1. The van der Waals surface area contributed by atoms with Gasteiger partial charge in [-0.2, -0.15) is 0 Å². The summed E-state index contributed by atoms with van der Waals surface area (Å²) in [5, 5.41) is 24.1. The van der Waals surface area contributed by atoms with Gasteiger partial charge in [-0.05, 0) is 71.0 Å². The Morgan fingerprint density at radius 3 is 2.18 bits per heavy atom. The maximum absolute atomic E-state index is 12.4. The molecule has 5 rings (SSSR count). The van der Waals surface area contributed by atoms with Crippen molar-refractivity contribution in [3.05, 3.63) is 119 Å². The smallest absolute Gasteiger partial charge is 0.303 e. The van der Waals surface area contributed by atoms with E-state index in [0.717, 1.165) is 69.0 Å². The highest BCUT2D eigenvalue weighted by Crippen LogP contribution is 2.40. The molecule has 10 heteroatoms. The van der Waals surface area contributed by atoms with E-state index in [4.69, 9.17) is 14.6 Å². The third kappa shape index (κ3) is 12.1. The molecule has 3 unspecified atom stereocenters. The van der Waals surface area contributed by atoms with Crippen molar-refractivity contribution in [3.8, 4) is 11.1 Å². The quantitative estimate of drug-likeness (QED) is 0.0637. The molecule has 0 aromatic heterocycles. The standard InChI is InChI=1S/C41H46N2O7S/c1-28(45)43-35-19-21-37(22-20-35)51-27-36-24-38(32-13-11-29(26-44)12-14-32)50-41(49-36)33-17-15-31(16-18-33)34-8-6-7-30(23-34)25-42-39(46)9-4-2-3-5-10-40(47)48/h6-8,11-23,36,38,41,44H,2-5,9-10,24-27H2,1H3,(H,42,46)(H,43,45)(H,47,48). The molecule has 4 N–H and O–H groups in total. The van der Waals surface area contributed by atoms with E-state index < -0.39 is 12.3 Å². The van der Waals surface area contributed by atoms with Crippen LogP contribution in [0.5, 0.6) is 0 Å². The minimum atomic E-state index is -0.779. The molecule has 0 aliphatic carbocycles.